The second kappa shape index (κ2) is 3.65. The molecule has 0 radical (unpaired) electrons. The molecule has 1 aromatic carbocycles. The molecule has 4 rings (SSSR count). The van der Waals surface area contributed by atoms with E-state index in [9.17, 15) is 0 Å². The lowest BCUT2D eigenvalue weighted by Crippen LogP contribution is -1.77. The van der Waals surface area contributed by atoms with Gasteiger partial charge in [0.2, 0.25) is 0 Å². The minimum atomic E-state index is 0.912. The SMILES string of the molecule is c1ccc2c(-c3nc4ccncc4[nH]3)csc2c1. The minimum Gasteiger partial charge on any atom is -0.337 e. The topological polar surface area (TPSA) is 41.6 Å². The van der Waals surface area contributed by atoms with Gasteiger partial charge in [0.05, 0.1) is 17.2 Å². The number of fused-ring (bicyclic) bond motifs is 2. The van der Waals surface area contributed by atoms with Crippen LogP contribution in [0.4, 0.5) is 0 Å². The van der Waals surface area contributed by atoms with Crippen LogP contribution in [0.1, 0.15) is 0 Å². The molecule has 0 saturated carbocycles. The third-order valence-electron chi connectivity index (χ3n) is 3.02. The molecule has 3 heterocycles. The molecule has 0 spiro atoms. The van der Waals surface area contributed by atoms with E-state index in [2.05, 4.69) is 44.6 Å². The lowest BCUT2D eigenvalue weighted by atomic mass is 10.2. The molecule has 18 heavy (non-hydrogen) atoms. The lowest BCUT2D eigenvalue weighted by Gasteiger charge is -1.93. The quantitative estimate of drug-likeness (QED) is 0.558. The summed E-state index contributed by atoms with van der Waals surface area (Å²) in [5, 5.41) is 3.39. The fourth-order valence-corrected chi connectivity index (χ4v) is 3.09. The molecule has 3 aromatic heterocycles. The molecule has 86 valence electrons. The maximum atomic E-state index is 4.62. The van der Waals surface area contributed by atoms with Crippen molar-refractivity contribution >= 4 is 32.5 Å². The first kappa shape index (κ1) is 9.79. The summed E-state index contributed by atoms with van der Waals surface area (Å²) in [6.07, 6.45) is 3.57. The van der Waals surface area contributed by atoms with E-state index < -0.39 is 0 Å². The summed E-state index contributed by atoms with van der Waals surface area (Å²) in [5.41, 5.74) is 3.09. The van der Waals surface area contributed by atoms with E-state index in [0.717, 1.165) is 22.4 Å². The molecule has 0 aliphatic carbocycles. The molecule has 0 amide bonds. The fourth-order valence-electron chi connectivity index (χ4n) is 2.15. The van der Waals surface area contributed by atoms with Gasteiger partial charge in [-0.05, 0) is 12.1 Å². The smallest absolute Gasteiger partial charge is 0.140 e. The Morgan fingerprint density at radius 1 is 1.11 bits per heavy atom. The zero-order valence-electron chi connectivity index (χ0n) is 9.42. The Bertz CT molecular complexity index is 811. The molecule has 0 saturated heterocycles. The maximum Gasteiger partial charge on any atom is 0.140 e. The van der Waals surface area contributed by atoms with Crippen LogP contribution in [0.3, 0.4) is 0 Å². The van der Waals surface area contributed by atoms with E-state index >= 15 is 0 Å². The molecule has 4 aromatic rings. The van der Waals surface area contributed by atoms with Crippen molar-refractivity contribution in [3.8, 4) is 11.4 Å². The van der Waals surface area contributed by atoms with Crippen LogP contribution in [0, 0.1) is 0 Å². The van der Waals surface area contributed by atoms with Crippen molar-refractivity contribution in [1.29, 1.82) is 0 Å². The molecule has 1 N–H and O–H groups in total. The Morgan fingerprint density at radius 2 is 2.06 bits per heavy atom. The van der Waals surface area contributed by atoms with Gasteiger partial charge in [-0.1, -0.05) is 18.2 Å². The van der Waals surface area contributed by atoms with Gasteiger partial charge < -0.3 is 4.98 Å². The van der Waals surface area contributed by atoms with Gasteiger partial charge in [0, 0.05) is 27.2 Å². The summed E-state index contributed by atoms with van der Waals surface area (Å²) in [6.45, 7) is 0. The lowest BCUT2D eigenvalue weighted by molar-refractivity contribution is 1.33. The van der Waals surface area contributed by atoms with Gasteiger partial charge in [0.15, 0.2) is 0 Å². The summed E-state index contributed by atoms with van der Waals surface area (Å²) in [7, 11) is 0. The largest absolute Gasteiger partial charge is 0.337 e. The van der Waals surface area contributed by atoms with Gasteiger partial charge in [-0.15, -0.1) is 11.3 Å². The normalized spacial score (nSPS) is 11.3. The van der Waals surface area contributed by atoms with Gasteiger partial charge in [0.25, 0.3) is 0 Å². The van der Waals surface area contributed by atoms with E-state index in [-0.39, 0.29) is 0 Å². The van der Waals surface area contributed by atoms with Crippen LogP contribution < -0.4 is 0 Å². The van der Waals surface area contributed by atoms with Gasteiger partial charge in [0.1, 0.15) is 5.82 Å². The van der Waals surface area contributed by atoms with E-state index in [0.29, 0.717) is 0 Å². The Hall–Kier alpha value is -2.20. The van der Waals surface area contributed by atoms with E-state index in [1.54, 1.807) is 23.7 Å². The molecule has 0 fully saturated rings. The van der Waals surface area contributed by atoms with Crippen LogP contribution in [0.5, 0.6) is 0 Å². The molecule has 4 heteroatoms. The van der Waals surface area contributed by atoms with Crippen molar-refractivity contribution in [3.63, 3.8) is 0 Å². The van der Waals surface area contributed by atoms with E-state index in [1.807, 2.05) is 6.07 Å². The Labute approximate surface area is 107 Å². The average Bonchev–Trinajstić information content (AvgIpc) is 3.02. The number of hydrogen-bond acceptors (Lipinski definition) is 3. The fraction of sp³-hybridized carbons (Fsp3) is 0. The number of nitrogens with one attached hydrogen (secondary N) is 1. The summed E-state index contributed by atoms with van der Waals surface area (Å²) in [5.74, 6) is 0.912. The zero-order chi connectivity index (χ0) is 11.9. The highest BCUT2D eigenvalue weighted by Crippen LogP contribution is 2.32. The third-order valence-corrected chi connectivity index (χ3v) is 3.98. The number of H-pyrrole nitrogens is 1. The summed E-state index contributed by atoms with van der Waals surface area (Å²) < 4.78 is 1.28. The average molecular weight is 251 g/mol. The second-order valence-electron chi connectivity index (χ2n) is 4.12. The first-order valence-corrected chi connectivity index (χ1v) is 6.56. The van der Waals surface area contributed by atoms with Gasteiger partial charge in [-0.3, -0.25) is 4.98 Å². The number of aromatic nitrogens is 3. The first-order valence-electron chi connectivity index (χ1n) is 5.68. The number of rotatable bonds is 1. The van der Waals surface area contributed by atoms with Crippen LogP contribution in [0.2, 0.25) is 0 Å². The Morgan fingerprint density at radius 3 is 3.00 bits per heavy atom. The number of thiophene rings is 1. The number of pyridine rings is 1. The maximum absolute atomic E-state index is 4.62. The minimum absolute atomic E-state index is 0.912. The number of aromatic amines is 1. The molecular weight excluding hydrogens is 242 g/mol. The van der Waals surface area contributed by atoms with E-state index in [4.69, 9.17) is 0 Å². The highest BCUT2D eigenvalue weighted by molar-refractivity contribution is 7.17. The number of nitrogens with zero attached hydrogens (tertiary/aromatic N) is 2. The standard InChI is InChI=1S/C14H9N3S/c1-2-4-13-9(3-1)10(8-18-13)14-16-11-5-6-15-7-12(11)17-14/h1-8H,(H,16,17). The third kappa shape index (κ3) is 1.36. The van der Waals surface area contributed by atoms with Crippen LogP contribution in [0.15, 0.2) is 48.1 Å². The summed E-state index contributed by atoms with van der Waals surface area (Å²) in [6, 6.07) is 10.3. The van der Waals surface area contributed by atoms with E-state index in [1.165, 1.54) is 10.1 Å². The highest BCUT2D eigenvalue weighted by Gasteiger charge is 2.10. The molecule has 0 atom stereocenters. The molecule has 0 unspecified atom stereocenters. The second-order valence-corrected chi connectivity index (χ2v) is 5.04. The van der Waals surface area contributed by atoms with Crippen molar-refractivity contribution in [1.82, 2.24) is 15.0 Å². The molecule has 3 nitrogen and oxygen atoms in total. The molecular formula is C14H9N3S. The predicted octanol–water partition coefficient (Wildman–Crippen LogP) is 3.84. The monoisotopic (exact) mass is 251 g/mol. The van der Waals surface area contributed by atoms with Crippen LogP contribution in [-0.4, -0.2) is 15.0 Å². The summed E-state index contributed by atoms with van der Waals surface area (Å²) >= 11 is 1.74. The van der Waals surface area contributed by atoms with Crippen molar-refractivity contribution < 1.29 is 0 Å². The van der Waals surface area contributed by atoms with Crippen molar-refractivity contribution in [2.75, 3.05) is 0 Å². The van der Waals surface area contributed by atoms with Crippen molar-refractivity contribution in [2.45, 2.75) is 0 Å². The van der Waals surface area contributed by atoms with Crippen LogP contribution in [0.25, 0.3) is 32.5 Å². The van der Waals surface area contributed by atoms with Gasteiger partial charge >= 0.3 is 0 Å². The number of hydrogen-bond donors (Lipinski definition) is 1. The van der Waals surface area contributed by atoms with Crippen molar-refractivity contribution in [3.05, 3.63) is 48.1 Å². The van der Waals surface area contributed by atoms with Crippen LogP contribution in [-0.2, 0) is 0 Å². The Balaban J connectivity index is 2.01. The predicted molar refractivity (Wildman–Crippen MR) is 74.7 cm³/mol. The van der Waals surface area contributed by atoms with Crippen molar-refractivity contribution in [2.24, 2.45) is 0 Å². The molecule has 0 bridgehead atoms. The van der Waals surface area contributed by atoms with Crippen LogP contribution >= 0.6 is 11.3 Å². The molecule has 0 aliphatic rings. The van der Waals surface area contributed by atoms with Gasteiger partial charge in [-0.2, -0.15) is 0 Å². The summed E-state index contributed by atoms with van der Waals surface area (Å²) in [4.78, 5) is 12.0. The molecule has 0 aliphatic heterocycles. The number of benzene rings is 1. The Kier molecular flexibility index (Phi) is 1.98. The zero-order valence-corrected chi connectivity index (χ0v) is 10.2. The first-order chi connectivity index (χ1) is 8.92. The highest BCUT2D eigenvalue weighted by atomic mass is 32.1. The van der Waals surface area contributed by atoms with Gasteiger partial charge in [-0.25, -0.2) is 4.98 Å². The number of imidazole rings is 1.